The lowest BCUT2D eigenvalue weighted by atomic mass is 9.97. The average molecular weight is 302 g/mol. The van der Waals surface area contributed by atoms with E-state index in [1.165, 1.54) is 11.1 Å². The van der Waals surface area contributed by atoms with Gasteiger partial charge in [0.15, 0.2) is 9.84 Å². The summed E-state index contributed by atoms with van der Waals surface area (Å²) in [6, 6.07) is 0.306. The van der Waals surface area contributed by atoms with E-state index in [1.807, 2.05) is 0 Å². The maximum absolute atomic E-state index is 11.6. The van der Waals surface area contributed by atoms with E-state index >= 15 is 0 Å². The van der Waals surface area contributed by atoms with Gasteiger partial charge < -0.3 is 5.32 Å². The number of fused-ring (bicyclic) bond motifs is 1. The first kappa shape index (κ1) is 14.9. The normalized spacial score (nSPS) is 21.1. The van der Waals surface area contributed by atoms with Crippen molar-refractivity contribution in [3.63, 3.8) is 0 Å². The average Bonchev–Trinajstić information content (AvgIpc) is 2.78. The SMILES string of the molecule is CCCNC1CCCc2sc(C(C)S(C)(=O)=O)nc21. The maximum atomic E-state index is 11.6. The first-order chi connectivity index (χ1) is 8.93. The standard InChI is InChI=1S/C13H22N2O2S2/c1-4-8-14-10-6-5-7-11-12(10)15-13(18-11)9(2)19(3,16)17/h9-10,14H,4-8H2,1-3H3. The Bertz CT molecular complexity index is 537. The van der Waals surface area contributed by atoms with Crippen LogP contribution in [-0.2, 0) is 16.3 Å². The minimum absolute atomic E-state index is 0.306. The van der Waals surface area contributed by atoms with Crippen LogP contribution in [0.1, 0.15) is 60.0 Å². The van der Waals surface area contributed by atoms with Crippen molar-refractivity contribution in [1.82, 2.24) is 10.3 Å². The highest BCUT2D eigenvalue weighted by Crippen LogP contribution is 2.36. The third-order valence-electron chi connectivity index (χ3n) is 3.60. The molecule has 0 fully saturated rings. The number of aromatic nitrogens is 1. The Balaban J connectivity index is 2.26. The van der Waals surface area contributed by atoms with Crippen molar-refractivity contribution in [3.05, 3.63) is 15.6 Å². The van der Waals surface area contributed by atoms with Crippen LogP contribution in [0.2, 0.25) is 0 Å². The number of rotatable bonds is 5. The Kier molecular flexibility index (Phi) is 4.63. The van der Waals surface area contributed by atoms with Crippen molar-refractivity contribution in [2.24, 2.45) is 0 Å². The number of hydrogen-bond acceptors (Lipinski definition) is 5. The molecule has 4 nitrogen and oxygen atoms in total. The number of thiazole rings is 1. The van der Waals surface area contributed by atoms with Gasteiger partial charge in [-0.25, -0.2) is 13.4 Å². The third-order valence-corrected chi connectivity index (χ3v) is 6.57. The van der Waals surface area contributed by atoms with E-state index in [1.54, 1.807) is 18.3 Å². The molecule has 0 saturated heterocycles. The molecule has 1 N–H and O–H groups in total. The highest BCUT2D eigenvalue weighted by Gasteiger charge is 2.28. The fourth-order valence-electron chi connectivity index (χ4n) is 2.31. The van der Waals surface area contributed by atoms with Gasteiger partial charge in [-0.3, -0.25) is 0 Å². The van der Waals surface area contributed by atoms with Crippen LogP contribution in [0.4, 0.5) is 0 Å². The van der Waals surface area contributed by atoms with E-state index in [0.29, 0.717) is 6.04 Å². The second-order valence-electron chi connectivity index (χ2n) is 5.23. The van der Waals surface area contributed by atoms with Crippen LogP contribution < -0.4 is 5.32 Å². The summed E-state index contributed by atoms with van der Waals surface area (Å²) in [5, 5.41) is 3.77. The summed E-state index contributed by atoms with van der Waals surface area (Å²) in [5.74, 6) is 0. The van der Waals surface area contributed by atoms with Crippen molar-refractivity contribution in [3.8, 4) is 0 Å². The van der Waals surface area contributed by atoms with E-state index < -0.39 is 15.1 Å². The molecule has 0 bridgehead atoms. The van der Waals surface area contributed by atoms with Gasteiger partial charge in [0.1, 0.15) is 10.3 Å². The second kappa shape index (κ2) is 5.89. The third kappa shape index (κ3) is 3.35. The van der Waals surface area contributed by atoms with Crippen molar-refractivity contribution >= 4 is 21.2 Å². The summed E-state index contributed by atoms with van der Waals surface area (Å²) < 4.78 is 23.3. The number of nitrogens with one attached hydrogen (secondary N) is 1. The summed E-state index contributed by atoms with van der Waals surface area (Å²) in [6.07, 6.45) is 5.67. The number of aryl methyl sites for hydroxylation is 1. The van der Waals surface area contributed by atoms with Crippen molar-refractivity contribution in [1.29, 1.82) is 0 Å². The zero-order chi connectivity index (χ0) is 14.0. The maximum Gasteiger partial charge on any atom is 0.156 e. The number of sulfone groups is 1. The van der Waals surface area contributed by atoms with E-state index in [-0.39, 0.29) is 0 Å². The molecular formula is C13H22N2O2S2. The lowest BCUT2D eigenvalue weighted by Crippen LogP contribution is -2.25. The van der Waals surface area contributed by atoms with Crippen molar-refractivity contribution < 1.29 is 8.42 Å². The molecule has 2 rings (SSSR count). The van der Waals surface area contributed by atoms with Crippen molar-refractivity contribution in [2.75, 3.05) is 12.8 Å². The molecule has 1 aliphatic rings. The largest absolute Gasteiger partial charge is 0.309 e. The number of nitrogens with zero attached hydrogens (tertiary/aromatic N) is 1. The Hall–Kier alpha value is -0.460. The zero-order valence-electron chi connectivity index (χ0n) is 11.8. The summed E-state index contributed by atoms with van der Waals surface area (Å²) in [4.78, 5) is 5.90. The molecule has 0 aliphatic heterocycles. The van der Waals surface area contributed by atoms with Crippen LogP contribution in [0, 0.1) is 0 Å². The lowest BCUT2D eigenvalue weighted by molar-refractivity contribution is 0.453. The summed E-state index contributed by atoms with van der Waals surface area (Å²) in [5.41, 5.74) is 1.09. The fraction of sp³-hybridized carbons (Fsp3) is 0.769. The smallest absolute Gasteiger partial charge is 0.156 e. The highest BCUT2D eigenvalue weighted by atomic mass is 32.2. The molecule has 108 valence electrons. The Morgan fingerprint density at radius 3 is 2.89 bits per heavy atom. The molecule has 2 unspecified atom stereocenters. The lowest BCUT2D eigenvalue weighted by Gasteiger charge is -2.22. The molecule has 1 aliphatic carbocycles. The van der Waals surface area contributed by atoms with Crippen LogP contribution in [-0.4, -0.2) is 26.2 Å². The van der Waals surface area contributed by atoms with Gasteiger partial charge in [-0.2, -0.15) is 0 Å². The van der Waals surface area contributed by atoms with Gasteiger partial charge in [-0.05, 0) is 39.2 Å². The van der Waals surface area contributed by atoms with Gasteiger partial charge in [0, 0.05) is 11.1 Å². The molecule has 19 heavy (non-hydrogen) atoms. The Morgan fingerprint density at radius 2 is 2.26 bits per heavy atom. The minimum atomic E-state index is -3.06. The van der Waals surface area contributed by atoms with Crippen molar-refractivity contribution in [2.45, 2.75) is 50.8 Å². The van der Waals surface area contributed by atoms with Gasteiger partial charge in [0.2, 0.25) is 0 Å². The predicted octanol–water partition coefficient (Wildman–Crippen LogP) is 2.63. The quantitative estimate of drug-likeness (QED) is 0.908. The van der Waals surface area contributed by atoms with Crippen LogP contribution in [0.25, 0.3) is 0 Å². The highest BCUT2D eigenvalue weighted by molar-refractivity contribution is 7.91. The van der Waals surface area contributed by atoms with E-state index in [0.717, 1.165) is 42.9 Å². The summed E-state index contributed by atoms with van der Waals surface area (Å²) in [6.45, 7) is 4.86. The first-order valence-electron chi connectivity index (χ1n) is 6.85. The summed E-state index contributed by atoms with van der Waals surface area (Å²) in [7, 11) is -3.06. The van der Waals surface area contributed by atoms with E-state index in [9.17, 15) is 8.42 Å². The molecule has 6 heteroatoms. The van der Waals surface area contributed by atoms with Crippen LogP contribution in [0.5, 0.6) is 0 Å². The molecule has 1 aromatic rings. The molecule has 0 amide bonds. The van der Waals surface area contributed by atoms with Gasteiger partial charge in [0.25, 0.3) is 0 Å². The minimum Gasteiger partial charge on any atom is -0.309 e. The van der Waals surface area contributed by atoms with E-state index in [4.69, 9.17) is 0 Å². The molecule has 2 atom stereocenters. The van der Waals surface area contributed by atoms with Gasteiger partial charge in [-0.15, -0.1) is 11.3 Å². The zero-order valence-corrected chi connectivity index (χ0v) is 13.4. The van der Waals surface area contributed by atoms with Crippen LogP contribution in [0.15, 0.2) is 0 Å². The predicted molar refractivity (Wildman–Crippen MR) is 79.3 cm³/mol. The topological polar surface area (TPSA) is 59.1 Å². The molecule has 1 heterocycles. The van der Waals surface area contributed by atoms with Gasteiger partial charge >= 0.3 is 0 Å². The molecule has 1 aromatic heterocycles. The van der Waals surface area contributed by atoms with Gasteiger partial charge in [0.05, 0.1) is 11.7 Å². The number of hydrogen-bond donors (Lipinski definition) is 1. The molecule has 0 aromatic carbocycles. The fourth-order valence-corrected chi connectivity index (χ4v) is 4.50. The second-order valence-corrected chi connectivity index (χ2v) is 8.71. The molecule has 0 radical (unpaired) electrons. The monoisotopic (exact) mass is 302 g/mol. The molecular weight excluding hydrogens is 280 g/mol. The Labute approximate surface area is 119 Å². The molecule has 0 spiro atoms. The van der Waals surface area contributed by atoms with Crippen LogP contribution >= 0.6 is 11.3 Å². The Morgan fingerprint density at radius 1 is 1.53 bits per heavy atom. The molecule has 0 saturated carbocycles. The first-order valence-corrected chi connectivity index (χ1v) is 9.62. The van der Waals surface area contributed by atoms with E-state index in [2.05, 4.69) is 17.2 Å². The van der Waals surface area contributed by atoms with Crippen LogP contribution in [0.3, 0.4) is 0 Å². The summed E-state index contributed by atoms with van der Waals surface area (Å²) >= 11 is 1.58. The van der Waals surface area contributed by atoms with Gasteiger partial charge in [-0.1, -0.05) is 6.92 Å².